The first-order chi connectivity index (χ1) is 9.81. The van der Waals surface area contributed by atoms with Crippen molar-refractivity contribution in [3.8, 4) is 0 Å². The van der Waals surface area contributed by atoms with E-state index in [0.717, 1.165) is 16.8 Å². The largest absolute Gasteiger partial charge is 0.476 e. The van der Waals surface area contributed by atoms with E-state index in [9.17, 15) is 17.6 Å². The Kier molecular flexibility index (Phi) is 4.35. The van der Waals surface area contributed by atoms with Crippen LogP contribution in [-0.4, -0.2) is 24.5 Å². The zero-order valence-electron chi connectivity index (χ0n) is 10.8. The van der Waals surface area contributed by atoms with Crippen LogP contribution in [-0.2, 0) is 10.0 Å². The van der Waals surface area contributed by atoms with Crippen molar-refractivity contribution in [3.05, 3.63) is 46.9 Å². The highest BCUT2D eigenvalue weighted by Crippen LogP contribution is 2.23. The van der Waals surface area contributed by atoms with Crippen LogP contribution >= 0.6 is 11.3 Å². The molecule has 0 amide bonds. The lowest BCUT2D eigenvalue weighted by atomic mass is 10.1. The summed E-state index contributed by atoms with van der Waals surface area (Å²) >= 11 is 0.722. The molecule has 112 valence electrons. The molecule has 0 saturated carbocycles. The monoisotopic (exact) mass is 330 g/mol. The molecule has 2 N–H and O–H groups in total. The Balaban J connectivity index is 2.27. The Hall–Kier alpha value is -1.84. The summed E-state index contributed by atoms with van der Waals surface area (Å²) in [6, 6.07) is 4.70. The molecule has 0 unspecified atom stereocenters. The van der Waals surface area contributed by atoms with E-state index in [-0.39, 0.29) is 4.21 Å². The van der Waals surface area contributed by atoms with E-state index in [2.05, 4.69) is 9.71 Å². The van der Waals surface area contributed by atoms with E-state index >= 15 is 0 Å². The minimum Gasteiger partial charge on any atom is -0.476 e. The third kappa shape index (κ3) is 3.43. The van der Waals surface area contributed by atoms with Crippen molar-refractivity contribution in [1.29, 1.82) is 0 Å². The van der Waals surface area contributed by atoms with E-state index in [1.807, 2.05) is 0 Å². The Bertz CT molecular complexity index is 756. The minimum atomic E-state index is -4.02. The number of thiazole rings is 1. The summed E-state index contributed by atoms with van der Waals surface area (Å²) in [5.41, 5.74) is 1.20. The summed E-state index contributed by atoms with van der Waals surface area (Å²) in [6.45, 7) is 1.58. The van der Waals surface area contributed by atoms with Crippen LogP contribution in [0.25, 0.3) is 0 Å². The van der Waals surface area contributed by atoms with Gasteiger partial charge in [0.05, 0.1) is 5.51 Å². The summed E-state index contributed by atoms with van der Waals surface area (Å²) in [6.07, 6.45) is 0. The van der Waals surface area contributed by atoms with Gasteiger partial charge in [-0.05, 0) is 24.6 Å². The summed E-state index contributed by atoms with van der Waals surface area (Å²) < 4.78 is 39.2. The molecule has 2 rings (SSSR count). The van der Waals surface area contributed by atoms with E-state index in [1.54, 1.807) is 6.92 Å². The van der Waals surface area contributed by atoms with Crippen LogP contribution in [0.5, 0.6) is 0 Å². The quantitative estimate of drug-likeness (QED) is 0.874. The van der Waals surface area contributed by atoms with Crippen LogP contribution in [0.15, 0.2) is 34.0 Å². The molecule has 0 radical (unpaired) electrons. The standard InChI is InChI=1S/C12H11FN2O4S2/c1-7(8-2-4-9(13)5-3-8)15-21(18,19)12-10(11(16)17)14-6-20-12/h2-7,15H,1H3,(H,16,17)/t7-/m0/s1. The molecule has 0 fully saturated rings. The molecule has 0 bridgehead atoms. The van der Waals surface area contributed by atoms with Crippen molar-refractivity contribution in [1.82, 2.24) is 9.71 Å². The minimum absolute atomic E-state index is 0.357. The SMILES string of the molecule is C[C@H](NS(=O)(=O)c1scnc1C(=O)O)c1ccc(F)cc1. The van der Waals surface area contributed by atoms with E-state index in [1.165, 1.54) is 24.3 Å². The second-order valence-electron chi connectivity index (χ2n) is 4.19. The van der Waals surface area contributed by atoms with Crippen molar-refractivity contribution < 1.29 is 22.7 Å². The fraction of sp³-hybridized carbons (Fsp3) is 0.167. The molecule has 0 aliphatic carbocycles. The van der Waals surface area contributed by atoms with E-state index in [4.69, 9.17) is 5.11 Å². The molecule has 2 aromatic rings. The lowest BCUT2D eigenvalue weighted by molar-refractivity contribution is 0.0687. The van der Waals surface area contributed by atoms with Crippen LogP contribution in [0.1, 0.15) is 29.0 Å². The van der Waals surface area contributed by atoms with Gasteiger partial charge in [-0.3, -0.25) is 0 Å². The van der Waals surface area contributed by atoms with Gasteiger partial charge in [0, 0.05) is 6.04 Å². The maximum Gasteiger partial charge on any atom is 0.356 e. The highest BCUT2D eigenvalue weighted by Gasteiger charge is 2.27. The predicted molar refractivity (Wildman–Crippen MR) is 74.2 cm³/mol. The Morgan fingerprint density at radius 1 is 1.38 bits per heavy atom. The molecule has 9 heteroatoms. The fourth-order valence-electron chi connectivity index (χ4n) is 1.67. The first-order valence-corrected chi connectivity index (χ1v) is 8.12. The molecule has 0 aliphatic rings. The lowest BCUT2D eigenvalue weighted by Gasteiger charge is -2.14. The van der Waals surface area contributed by atoms with Crippen molar-refractivity contribution in [3.63, 3.8) is 0 Å². The fourth-order valence-corrected chi connectivity index (χ4v) is 4.06. The molecule has 1 aromatic carbocycles. The van der Waals surface area contributed by atoms with Crippen LogP contribution in [0.4, 0.5) is 4.39 Å². The van der Waals surface area contributed by atoms with Crippen molar-refractivity contribution >= 4 is 27.3 Å². The number of aromatic nitrogens is 1. The number of halogens is 1. The van der Waals surface area contributed by atoms with E-state index < -0.39 is 33.5 Å². The van der Waals surface area contributed by atoms with E-state index in [0.29, 0.717) is 5.56 Å². The number of benzene rings is 1. The third-order valence-corrected chi connectivity index (χ3v) is 5.59. The second-order valence-corrected chi connectivity index (χ2v) is 6.95. The summed E-state index contributed by atoms with van der Waals surface area (Å²) in [4.78, 5) is 14.5. The van der Waals surface area contributed by atoms with Crippen molar-refractivity contribution in [2.24, 2.45) is 0 Å². The molecule has 6 nitrogen and oxygen atoms in total. The maximum atomic E-state index is 12.8. The van der Waals surface area contributed by atoms with Crippen molar-refractivity contribution in [2.45, 2.75) is 17.2 Å². The number of carboxylic acid groups (broad SMARTS) is 1. The van der Waals surface area contributed by atoms with Crippen LogP contribution in [0.3, 0.4) is 0 Å². The van der Waals surface area contributed by atoms with Gasteiger partial charge in [0.1, 0.15) is 5.82 Å². The average molecular weight is 330 g/mol. The number of carbonyl (C=O) groups is 1. The molecule has 1 atom stereocenters. The number of sulfonamides is 1. The number of aromatic carboxylic acids is 1. The van der Waals surface area contributed by atoms with Gasteiger partial charge < -0.3 is 5.11 Å². The maximum absolute atomic E-state index is 12.8. The number of hydrogen-bond donors (Lipinski definition) is 2. The normalized spacial score (nSPS) is 13.0. The lowest BCUT2D eigenvalue weighted by Crippen LogP contribution is -2.27. The number of carboxylic acids is 1. The van der Waals surface area contributed by atoms with Gasteiger partial charge in [0.25, 0.3) is 10.0 Å². The second kappa shape index (κ2) is 5.88. The number of nitrogens with zero attached hydrogens (tertiary/aromatic N) is 1. The highest BCUT2D eigenvalue weighted by atomic mass is 32.2. The number of nitrogens with one attached hydrogen (secondary N) is 1. The van der Waals surface area contributed by atoms with Crippen molar-refractivity contribution in [2.75, 3.05) is 0 Å². The zero-order valence-corrected chi connectivity index (χ0v) is 12.4. The summed E-state index contributed by atoms with van der Waals surface area (Å²) in [5.74, 6) is -1.84. The van der Waals surface area contributed by atoms with Crippen LogP contribution in [0.2, 0.25) is 0 Å². The average Bonchev–Trinajstić information content (AvgIpc) is 2.89. The van der Waals surface area contributed by atoms with Gasteiger partial charge in [0.15, 0.2) is 9.90 Å². The number of rotatable bonds is 5. The van der Waals surface area contributed by atoms with Gasteiger partial charge in [-0.2, -0.15) is 0 Å². The first-order valence-electron chi connectivity index (χ1n) is 5.76. The molecule has 0 saturated heterocycles. The van der Waals surface area contributed by atoms with Gasteiger partial charge in [-0.1, -0.05) is 12.1 Å². The highest BCUT2D eigenvalue weighted by molar-refractivity contribution is 7.91. The summed E-state index contributed by atoms with van der Waals surface area (Å²) in [5, 5.41) is 8.91. The smallest absolute Gasteiger partial charge is 0.356 e. The molecular weight excluding hydrogens is 319 g/mol. The van der Waals surface area contributed by atoms with Gasteiger partial charge in [-0.25, -0.2) is 27.3 Å². The number of hydrogen-bond acceptors (Lipinski definition) is 5. The molecule has 0 aliphatic heterocycles. The molecular formula is C12H11FN2O4S2. The Labute approximate surface area is 124 Å². The predicted octanol–water partition coefficient (Wildman–Crippen LogP) is 2.02. The molecule has 1 heterocycles. The van der Waals surface area contributed by atoms with Gasteiger partial charge in [0.2, 0.25) is 0 Å². The Morgan fingerprint density at radius 2 is 2.00 bits per heavy atom. The Morgan fingerprint density at radius 3 is 2.57 bits per heavy atom. The van der Waals surface area contributed by atoms with Crippen LogP contribution < -0.4 is 4.72 Å². The topological polar surface area (TPSA) is 96.4 Å². The third-order valence-electron chi connectivity index (χ3n) is 2.68. The summed E-state index contributed by atoms with van der Waals surface area (Å²) in [7, 11) is -4.02. The van der Waals surface area contributed by atoms with Gasteiger partial charge in [-0.15, -0.1) is 11.3 Å². The van der Waals surface area contributed by atoms with Gasteiger partial charge >= 0.3 is 5.97 Å². The molecule has 0 spiro atoms. The molecule has 21 heavy (non-hydrogen) atoms. The van der Waals surface area contributed by atoms with Crippen LogP contribution in [0, 0.1) is 5.82 Å². The zero-order chi connectivity index (χ0) is 15.6. The molecule has 1 aromatic heterocycles. The first kappa shape index (κ1) is 15.5.